The summed E-state index contributed by atoms with van der Waals surface area (Å²) in [4.78, 5) is 23.3. The fourth-order valence-corrected chi connectivity index (χ4v) is 2.40. The molecule has 22 heavy (non-hydrogen) atoms. The number of ether oxygens (including phenoxy) is 1. The van der Waals surface area contributed by atoms with E-state index in [1.165, 1.54) is 0 Å². The van der Waals surface area contributed by atoms with E-state index in [0.29, 0.717) is 25.2 Å². The third-order valence-corrected chi connectivity index (χ3v) is 3.95. The highest BCUT2D eigenvalue weighted by Crippen LogP contribution is 2.17. The van der Waals surface area contributed by atoms with Gasteiger partial charge in [0.25, 0.3) is 0 Å². The van der Waals surface area contributed by atoms with Crippen LogP contribution in [0.2, 0.25) is 0 Å². The maximum absolute atomic E-state index is 12.1. The molecule has 0 N–H and O–H groups in total. The van der Waals surface area contributed by atoms with Crippen molar-refractivity contribution in [2.45, 2.75) is 65.4 Å². The Bertz CT molecular complexity index is 439. The van der Waals surface area contributed by atoms with E-state index in [9.17, 15) is 9.59 Å². The summed E-state index contributed by atoms with van der Waals surface area (Å²) in [5.41, 5.74) is 1.02. The third-order valence-electron chi connectivity index (χ3n) is 3.95. The highest BCUT2D eigenvalue weighted by molar-refractivity contribution is 5.77. The summed E-state index contributed by atoms with van der Waals surface area (Å²) in [6, 6.07) is 9.75. The van der Waals surface area contributed by atoms with Crippen molar-refractivity contribution in [3.05, 3.63) is 35.9 Å². The number of carbonyl (C=O) groups is 2. The Kier molecular flexibility index (Phi) is 9.20. The van der Waals surface area contributed by atoms with Crippen molar-refractivity contribution in [3.63, 3.8) is 0 Å². The number of benzene rings is 1. The number of hydrogen-bond acceptors (Lipinski definition) is 3. The Morgan fingerprint density at radius 2 is 1.77 bits per heavy atom. The number of Topliss-reactive ketones (excluding diaryl/α,β-unsaturated/α-hetero) is 1. The largest absolute Gasteiger partial charge is 0.461 e. The van der Waals surface area contributed by atoms with Crippen LogP contribution < -0.4 is 0 Å². The third kappa shape index (κ3) is 7.39. The minimum absolute atomic E-state index is 0.0226. The molecule has 0 bridgehead atoms. The van der Waals surface area contributed by atoms with Gasteiger partial charge in [0.1, 0.15) is 12.4 Å². The molecule has 3 nitrogen and oxygen atoms in total. The topological polar surface area (TPSA) is 43.4 Å². The van der Waals surface area contributed by atoms with Crippen LogP contribution in [-0.2, 0) is 20.9 Å². The molecule has 3 heteroatoms. The molecule has 0 amide bonds. The van der Waals surface area contributed by atoms with Crippen molar-refractivity contribution >= 4 is 11.8 Å². The van der Waals surface area contributed by atoms with Gasteiger partial charge in [0.2, 0.25) is 0 Å². The van der Waals surface area contributed by atoms with E-state index in [1.54, 1.807) is 0 Å². The summed E-state index contributed by atoms with van der Waals surface area (Å²) in [6.07, 6.45) is 5.88. The second-order valence-corrected chi connectivity index (χ2v) is 5.69. The summed E-state index contributed by atoms with van der Waals surface area (Å²) in [6.45, 7) is 4.27. The maximum atomic E-state index is 12.1. The summed E-state index contributed by atoms with van der Waals surface area (Å²) in [7, 11) is 0. The van der Waals surface area contributed by atoms with Crippen molar-refractivity contribution in [2.24, 2.45) is 5.92 Å². The van der Waals surface area contributed by atoms with Crippen LogP contribution in [0.5, 0.6) is 0 Å². The van der Waals surface area contributed by atoms with Crippen LogP contribution in [0.25, 0.3) is 0 Å². The summed E-state index contributed by atoms with van der Waals surface area (Å²) < 4.78 is 5.40. The molecule has 0 spiro atoms. The first kappa shape index (κ1) is 18.4. The molecule has 0 radical (unpaired) electrons. The number of rotatable bonds is 11. The van der Waals surface area contributed by atoms with Gasteiger partial charge in [-0.05, 0) is 24.8 Å². The second-order valence-electron chi connectivity index (χ2n) is 5.69. The van der Waals surface area contributed by atoms with Gasteiger partial charge in [0.05, 0.1) is 5.92 Å². The predicted molar refractivity (Wildman–Crippen MR) is 88.4 cm³/mol. The normalized spacial score (nSPS) is 11.9. The molecule has 0 aliphatic carbocycles. The molecule has 122 valence electrons. The molecule has 1 unspecified atom stereocenters. The van der Waals surface area contributed by atoms with Crippen molar-refractivity contribution in [1.29, 1.82) is 0 Å². The number of ketones is 1. The van der Waals surface area contributed by atoms with E-state index in [4.69, 9.17) is 4.74 Å². The van der Waals surface area contributed by atoms with Crippen LogP contribution in [0.4, 0.5) is 0 Å². The Morgan fingerprint density at radius 3 is 2.41 bits per heavy atom. The van der Waals surface area contributed by atoms with Crippen LogP contribution in [-0.4, -0.2) is 11.8 Å². The van der Waals surface area contributed by atoms with Crippen LogP contribution in [0.1, 0.15) is 64.4 Å². The van der Waals surface area contributed by atoms with Crippen LogP contribution >= 0.6 is 0 Å². The number of unbranched alkanes of at least 4 members (excludes halogenated alkanes) is 2. The van der Waals surface area contributed by atoms with Crippen LogP contribution in [0.3, 0.4) is 0 Å². The molecule has 0 saturated heterocycles. The summed E-state index contributed by atoms with van der Waals surface area (Å²) in [5.74, 6) is 0.205. The summed E-state index contributed by atoms with van der Waals surface area (Å²) in [5, 5.41) is 0. The molecule has 0 heterocycles. The minimum atomic E-state index is -0.101. The van der Waals surface area contributed by atoms with Crippen molar-refractivity contribution in [1.82, 2.24) is 0 Å². The van der Waals surface area contributed by atoms with Gasteiger partial charge >= 0.3 is 5.97 Å². The predicted octanol–water partition coefficient (Wildman–Crippen LogP) is 4.69. The molecule has 1 atom stereocenters. The minimum Gasteiger partial charge on any atom is -0.461 e. The molecule has 1 aromatic rings. The lowest BCUT2D eigenvalue weighted by atomic mass is 9.98. The smallest absolute Gasteiger partial charge is 0.309 e. The van der Waals surface area contributed by atoms with Gasteiger partial charge in [-0.15, -0.1) is 0 Å². The van der Waals surface area contributed by atoms with Crippen LogP contribution in [0, 0.1) is 5.92 Å². The van der Waals surface area contributed by atoms with Gasteiger partial charge in [-0.2, -0.15) is 0 Å². The quantitative estimate of drug-likeness (QED) is 0.440. The summed E-state index contributed by atoms with van der Waals surface area (Å²) >= 11 is 0. The Balaban J connectivity index is 2.22. The number of carbonyl (C=O) groups excluding carboxylic acids is 2. The standard InChI is InChI=1S/C19H28O3/c1-3-17(13-9-6-10-14-18(20)4-2)19(21)22-15-16-11-7-5-8-12-16/h5,7-8,11-12,17H,3-4,6,9-10,13-15H2,1-2H3. The van der Waals surface area contributed by atoms with E-state index < -0.39 is 0 Å². The molecule has 0 fully saturated rings. The highest BCUT2D eigenvalue weighted by atomic mass is 16.5. The number of hydrogen-bond donors (Lipinski definition) is 0. The van der Waals surface area contributed by atoms with E-state index in [-0.39, 0.29) is 11.9 Å². The van der Waals surface area contributed by atoms with Gasteiger partial charge in [-0.3, -0.25) is 9.59 Å². The van der Waals surface area contributed by atoms with Gasteiger partial charge in [-0.25, -0.2) is 0 Å². The lowest BCUT2D eigenvalue weighted by molar-refractivity contribution is -0.150. The molecule has 0 saturated carbocycles. The van der Waals surface area contributed by atoms with E-state index >= 15 is 0 Å². The highest BCUT2D eigenvalue weighted by Gasteiger charge is 2.17. The number of esters is 1. The molecule has 0 aliphatic heterocycles. The zero-order chi connectivity index (χ0) is 16.2. The van der Waals surface area contributed by atoms with Crippen molar-refractivity contribution in [2.75, 3.05) is 0 Å². The molecule has 0 aliphatic rings. The Morgan fingerprint density at radius 1 is 1.05 bits per heavy atom. The second kappa shape index (κ2) is 11.0. The monoisotopic (exact) mass is 304 g/mol. The van der Waals surface area contributed by atoms with Gasteiger partial charge in [0.15, 0.2) is 0 Å². The zero-order valence-corrected chi connectivity index (χ0v) is 13.8. The average Bonchev–Trinajstić information content (AvgIpc) is 2.56. The maximum Gasteiger partial charge on any atom is 0.309 e. The van der Waals surface area contributed by atoms with Gasteiger partial charge in [0, 0.05) is 12.8 Å². The van der Waals surface area contributed by atoms with E-state index in [1.807, 2.05) is 44.2 Å². The fraction of sp³-hybridized carbons (Fsp3) is 0.579. The molecular weight excluding hydrogens is 276 g/mol. The lowest BCUT2D eigenvalue weighted by Crippen LogP contribution is -2.17. The van der Waals surface area contributed by atoms with Gasteiger partial charge < -0.3 is 4.74 Å². The Hall–Kier alpha value is -1.64. The van der Waals surface area contributed by atoms with E-state index in [0.717, 1.165) is 37.7 Å². The first-order chi connectivity index (χ1) is 10.7. The zero-order valence-electron chi connectivity index (χ0n) is 13.8. The molecular formula is C19H28O3. The Labute approximate surface area is 134 Å². The SMILES string of the molecule is CCC(=O)CCCCCC(CC)C(=O)OCc1ccccc1. The van der Waals surface area contributed by atoms with Gasteiger partial charge in [-0.1, -0.05) is 57.0 Å². The van der Waals surface area contributed by atoms with Crippen LogP contribution in [0.15, 0.2) is 30.3 Å². The van der Waals surface area contributed by atoms with Crippen molar-refractivity contribution in [3.8, 4) is 0 Å². The first-order valence-electron chi connectivity index (χ1n) is 8.39. The first-order valence-corrected chi connectivity index (χ1v) is 8.39. The average molecular weight is 304 g/mol. The molecule has 0 aromatic heterocycles. The fourth-order valence-electron chi connectivity index (χ4n) is 2.40. The van der Waals surface area contributed by atoms with E-state index in [2.05, 4.69) is 0 Å². The van der Waals surface area contributed by atoms with Crippen molar-refractivity contribution < 1.29 is 14.3 Å². The molecule has 1 rings (SSSR count). The molecule has 1 aromatic carbocycles. The lowest BCUT2D eigenvalue weighted by Gasteiger charge is -2.14.